The molecule has 8 nitrogen and oxygen atoms in total. The zero-order valence-corrected chi connectivity index (χ0v) is 18.3. The number of benzene rings is 2. The summed E-state index contributed by atoms with van der Waals surface area (Å²) in [4.78, 5) is 29.2. The smallest absolute Gasteiger partial charge is 0.313 e. The molecule has 0 radical (unpaired) electrons. The minimum Gasteiger partial charge on any atom is -0.495 e. The minimum atomic E-state index is -0.729. The number of anilines is 2. The van der Waals surface area contributed by atoms with E-state index in [0.29, 0.717) is 31.2 Å². The molecule has 8 heteroatoms. The quantitative estimate of drug-likeness (QED) is 0.658. The van der Waals surface area contributed by atoms with Crippen molar-refractivity contribution in [3.8, 4) is 5.75 Å². The number of nitrogens with zero attached hydrogens (tertiary/aromatic N) is 2. The molecular formula is C23H30N4O4. The van der Waals surface area contributed by atoms with E-state index in [9.17, 15) is 9.59 Å². The van der Waals surface area contributed by atoms with E-state index in [1.165, 1.54) is 7.11 Å². The number of carbonyl (C=O) groups excluding carboxylic acids is 2. The van der Waals surface area contributed by atoms with Gasteiger partial charge >= 0.3 is 11.8 Å². The number of methoxy groups -OCH3 is 1. The van der Waals surface area contributed by atoms with Crippen molar-refractivity contribution in [2.24, 2.45) is 0 Å². The summed E-state index contributed by atoms with van der Waals surface area (Å²) in [5.41, 5.74) is 2.64. The lowest BCUT2D eigenvalue weighted by atomic mass is 10.0. The summed E-state index contributed by atoms with van der Waals surface area (Å²) >= 11 is 0. The van der Waals surface area contributed by atoms with E-state index in [0.717, 1.165) is 24.3 Å². The number of rotatable bonds is 7. The molecular weight excluding hydrogens is 396 g/mol. The Hall–Kier alpha value is -3.10. The fourth-order valence-electron chi connectivity index (χ4n) is 3.54. The van der Waals surface area contributed by atoms with Crippen LogP contribution in [0, 0.1) is 0 Å². The van der Waals surface area contributed by atoms with E-state index in [4.69, 9.17) is 9.47 Å². The highest BCUT2D eigenvalue weighted by molar-refractivity contribution is 6.39. The van der Waals surface area contributed by atoms with Crippen molar-refractivity contribution in [1.29, 1.82) is 0 Å². The van der Waals surface area contributed by atoms with Crippen LogP contribution in [0.5, 0.6) is 5.75 Å². The van der Waals surface area contributed by atoms with Gasteiger partial charge in [-0.2, -0.15) is 0 Å². The van der Waals surface area contributed by atoms with Crippen LogP contribution in [0.3, 0.4) is 0 Å². The lowest BCUT2D eigenvalue weighted by molar-refractivity contribution is -0.136. The summed E-state index contributed by atoms with van der Waals surface area (Å²) in [6.07, 6.45) is 0. The predicted molar refractivity (Wildman–Crippen MR) is 121 cm³/mol. The molecule has 0 aromatic heterocycles. The van der Waals surface area contributed by atoms with Crippen LogP contribution < -0.4 is 20.3 Å². The second-order valence-electron chi connectivity index (χ2n) is 7.51. The molecule has 31 heavy (non-hydrogen) atoms. The molecule has 2 aromatic carbocycles. The highest BCUT2D eigenvalue weighted by atomic mass is 16.5. The van der Waals surface area contributed by atoms with Crippen LogP contribution in [-0.2, 0) is 14.3 Å². The van der Waals surface area contributed by atoms with E-state index in [2.05, 4.69) is 39.8 Å². The summed E-state index contributed by atoms with van der Waals surface area (Å²) in [5, 5.41) is 5.40. The maximum absolute atomic E-state index is 12.5. The fourth-order valence-corrected chi connectivity index (χ4v) is 3.54. The summed E-state index contributed by atoms with van der Waals surface area (Å²) in [6.45, 7) is 3.15. The molecule has 0 unspecified atom stereocenters. The van der Waals surface area contributed by atoms with Crippen LogP contribution >= 0.6 is 0 Å². The van der Waals surface area contributed by atoms with Crippen LogP contribution in [0.2, 0.25) is 0 Å². The van der Waals surface area contributed by atoms with Crippen molar-refractivity contribution in [3.05, 3.63) is 54.1 Å². The van der Waals surface area contributed by atoms with Gasteiger partial charge in [-0.15, -0.1) is 0 Å². The van der Waals surface area contributed by atoms with E-state index < -0.39 is 11.8 Å². The second kappa shape index (κ2) is 10.8. The monoisotopic (exact) mass is 426 g/mol. The van der Waals surface area contributed by atoms with Crippen LogP contribution in [0.25, 0.3) is 0 Å². The Balaban J connectivity index is 1.67. The first-order valence-corrected chi connectivity index (χ1v) is 10.3. The van der Waals surface area contributed by atoms with Gasteiger partial charge < -0.3 is 25.0 Å². The zero-order valence-electron chi connectivity index (χ0n) is 18.3. The normalized spacial score (nSPS) is 15.1. The Morgan fingerprint density at radius 3 is 2.39 bits per heavy atom. The van der Waals surface area contributed by atoms with Crippen molar-refractivity contribution in [1.82, 2.24) is 10.2 Å². The molecule has 1 heterocycles. The summed E-state index contributed by atoms with van der Waals surface area (Å²) in [6, 6.07) is 15.2. The number of ether oxygens (including phenoxy) is 2. The third-order valence-electron chi connectivity index (χ3n) is 5.30. The van der Waals surface area contributed by atoms with Crippen molar-refractivity contribution in [2.45, 2.75) is 6.04 Å². The maximum Gasteiger partial charge on any atom is 0.313 e. The standard InChI is InChI=1S/C23H30N4O4/c1-26(2)18-10-8-17(9-11-18)20(27-12-14-31-15-13-27)16-24-22(28)23(29)25-19-6-4-5-7-21(19)30-3/h4-11,20H,12-16H2,1-3H3,(H,24,28)(H,25,29)/t20-/m0/s1. The highest BCUT2D eigenvalue weighted by Gasteiger charge is 2.25. The molecule has 1 saturated heterocycles. The third kappa shape index (κ3) is 5.96. The van der Waals surface area contributed by atoms with Gasteiger partial charge in [0.1, 0.15) is 5.75 Å². The highest BCUT2D eigenvalue weighted by Crippen LogP contribution is 2.24. The number of hydrogen-bond acceptors (Lipinski definition) is 6. The van der Waals surface area contributed by atoms with Crippen LogP contribution in [0.4, 0.5) is 11.4 Å². The van der Waals surface area contributed by atoms with Crippen molar-refractivity contribution in [2.75, 3.05) is 64.3 Å². The van der Waals surface area contributed by atoms with Crippen LogP contribution in [-0.4, -0.2) is 70.8 Å². The van der Waals surface area contributed by atoms with E-state index in [1.807, 2.05) is 19.0 Å². The van der Waals surface area contributed by atoms with E-state index in [-0.39, 0.29) is 6.04 Å². The molecule has 1 aliphatic heterocycles. The van der Waals surface area contributed by atoms with E-state index in [1.54, 1.807) is 24.3 Å². The molecule has 1 aliphatic rings. The number of para-hydroxylation sites is 2. The maximum atomic E-state index is 12.5. The largest absolute Gasteiger partial charge is 0.495 e. The van der Waals surface area contributed by atoms with E-state index >= 15 is 0 Å². The molecule has 0 bridgehead atoms. The topological polar surface area (TPSA) is 83.1 Å². The molecule has 1 fully saturated rings. The summed E-state index contributed by atoms with van der Waals surface area (Å²) in [7, 11) is 5.50. The Kier molecular flexibility index (Phi) is 7.86. The minimum absolute atomic E-state index is 0.0527. The molecule has 3 rings (SSSR count). The number of hydrogen-bond donors (Lipinski definition) is 2. The van der Waals surface area contributed by atoms with Crippen molar-refractivity contribution < 1.29 is 19.1 Å². The zero-order chi connectivity index (χ0) is 22.2. The number of carbonyl (C=O) groups is 2. The third-order valence-corrected chi connectivity index (χ3v) is 5.30. The number of morpholine rings is 1. The predicted octanol–water partition coefficient (Wildman–Crippen LogP) is 1.89. The van der Waals surface area contributed by atoms with Gasteiger partial charge in [0.05, 0.1) is 32.1 Å². The first-order chi connectivity index (χ1) is 15.0. The van der Waals surface area contributed by atoms with Crippen LogP contribution in [0.1, 0.15) is 11.6 Å². The molecule has 0 aliphatic carbocycles. The lowest BCUT2D eigenvalue weighted by Gasteiger charge is -2.35. The second-order valence-corrected chi connectivity index (χ2v) is 7.51. The number of amides is 2. The molecule has 1 atom stereocenters. The molecule has 2 aromatic rings. The lowest BCUT2D eigenvalue weighted by Crippen LogP contribution is -2.45. The molecule has 166 valence electrons. The Labute approximate surface area is 183 Å². The van der Waals surface area contributed by atoms with Gasteiger partial charge in [-0.25, -0.2) is 0 Å². The van der Waals surface area contributed by atoms with Gasteiger partial charge in [0.2, 0.25) is 0 Å². The van der Waals surface area contributed by atoms with Gasteiger partial charge in [-0.1, -0.05) is 24.3 Å². The van der Waals surface area contributed by atoms with Crippen molar-refractivity contribution in [3.63, 3.8) is 0 Å². The first kappa shape index (κ1) is 22.6. The van der Waals surface area contributed by atoms with Gasteiger partial charge in [-0.05, 0) is 29.8 Å². The average Bonchev–Trinajstić information content (AvgIpc) is 2.80. The Morgan fingerprint density at radius 1 is 1.06 bits per heavy atom. The summed E-state index contributed by atoms with van der Waals surface area (Å²) in [5.74, 6) is -0.918. The van der Waals surface area contributed by atoms with Crippen molar-refractivity contribution >= 4 is 23.2 Å². The molecule has 2 amide bonds. The Bertz CT molecular complexity index is 879. The van der Waals surface area contributed by atoms with Gasteiger partial charge in [-0.3, -0.25) is 14.5 Å². The fraction of sp³-hybridized carbons (Fsp3) is 0.391. The SMILES string of the molecule is COc1ccccc1NC(=O)C(=O)NC[C@@H](c1ccc(N(C)C)cc1)N1CCOCC1. The molecule has 2 N–H and O–H groups in total. The molecule has 0 spiro atoms. The summed E-state index contributed by atoms with van der Waals surface area (Å²) < 4.78 is 10.7. The molecule has 0 saturated carbocycles. The van der Waals surface area contributed by atoms with Gasteiger partial charge in [0.15, 0.2) is 0 Å². The van der Waals surface area contributed by atoms with Crippen LogP contribution in [0.15, 0.2) is 48.5 Å². The van der Waals surface area contributed by atoms with Gasteiger partial charge in [0, 0.05) is 39.4 Å². The Morgan fingerprint density at radius 2 is 1.74 bits per heavy atom. The van der Waals surface area contributed by atoms with Gasteiger partial charge in [0.25, 0.3) is 0 Å². The first-order valence-electron chi connectivity index (χ1n) is 10.3. The average molecular weight is 427 g/mol. The number of nitrogens with one attached hydrogen (secondary N) is 2.